The van der Waals surface area contributed by atoms with Crippen molar-refractivity contribution in [2.24, 2.45) is 0 Å². The molecule has 8 nitrogen and oxygen atoms in total. The van der Waals surface area contributed by atoms with E-state index in [1.54, 1.807) is 13.8 Å². The van der Waals surface area contributed by atoms with E-state index >= 15 is 0 Å². The van der Waals surface area contributed by atoms with Crippen LogP contribution in [0.4, 0.5) is 0 Å². The fraction of sp³-hybridized carbons (Fsp3) is 0.444. The lowest BCUT2D eigenvalue weighted by Crippen LogP contribution is -2.20. The smallest absolute Gasteiger partial charge is 0.339 e. The van der Waals surface area contributed by atoms with Gasteiger partial charge in [0, 0.05) is 25.0 Å². The van der Waals surface area contributed by atoms with E-state index in [9.17, 15) is 19.2 Å². The number of carbonyl (C=O) groups excluding carboxylic acids is 4. The third-order valence-corrected chi connectivity index (χ3v) is 3.20. The van der Waals surface area contributed by atoms with Crippen molar-refractivity contribution < 1.29 is 38.1 Å². The van der Waals surface area contributed by atoms with Crippen LogP contribution in [-0.4, -0.2) is 37.1 Å². The van der Waals surface area contributed by atoms with Crippen LogP contribution in [0.15, 0.2) is 12.1 Å². The minimum atomic E-state index is -0.762. The van der Waals surface area contributed by atoms with E-state index in [1.165, 1.54) is 26.0 Å². The maximum Gasteiger partial charge on any atom is 0.339 e. The van der Waals surface area contributed by atoms with Crippen LogP contribution in [-0.2, 0) is 41.8 Å². The summed E-state index contributed by atoms with van der Waals surface area (Å²) in [4.78, 5) is 47.1. The van der Waals surface area contributed by atoms with E-state index in [2.05, 4.69) is 0 Å². The lowest BCUT2D eigenvalue weighted by molar-refractivity contribution is -0.143. The van der Waals surface area contributed by atoms with Crippen molar-refractivity contribution in [3.63, 3.8) is 0 Å². The summed E-state index contributed by atoms with van der Waals surface area (Å²) >= 11 is 0. The molecule has 1 rings (SSSR count). The summed E-state index contributed by atoms with van der Waals surface area (Å²) < 4.78 is 20.0. The van der Waals surface area contributed by atoms with Crippen molar-refractivity contribution in [2.75, 3.05) is 13.2 Å². The molecule has 0 saturated heterocycles. The van der Waals surface area contributed by atoms with E-state index in [4.69, 9.17) is 18.9 Å². The molecule has 0 unspecified atom stereocenters. The summed E-state index contributed by atoms with van der Waals surface area (Å²) in [7, 11) is 0. The van der Waals surface area contributed by atoms with Gasteiger partial charge in [-0.15, -0.1) is 0 Å². The van der Waals surface area contributed by atoms with Crippen molar-refractivity contribution in [1.29, 1.82) is 0 Å². The second kappa shape index (κ2) is 10.2. The van der Waals surface area contributed by atoms with Crippen LogP contribution in [0.25, 0.3) is 0 Å². The lowest BCUT2D eigenvalue weighted by Gasteiger charge is -2.17. The molecule has 26 heavy (non-hydrogen) atoms. The number of carbonyl (C=O) groups is 4. The molecule has 1 aromatic rings. The van der Waals surface area contributed by atoms with Crippen molar-refractivity contribution in [3.8, 4) is 0 Å². The Balaban J connectivity index is 3.50. The third-order valence-electron chi connectivity index (χ3n) is 3.20. The van der Waals surface area contributed by atoms with Crippen LogP contribution in [0.1, 0.15) is 59.5 Å². The zero-order valence-electron chi connectivity index (χ0n) is 15.2. The fourth-order valence-corrected chi connectivity index (χ4v) is 2.16. The van der Waals surface area contributed by atoms with Gasteiger partial charge in [-0.3, -0.25) is 9.59 Å². The fourth-order valence-electron chi connectivity index (χ4n) is 2.16. The lowest BCUT2D eigenvalue weighted by atomic mass is 9.96. The molecule has 0 aliphatic heterocycles. The van der Waals surface area contributed by atoms with Crippen molar-refractivity contribution in [1.82, 2.24) is 0 Å². The van der Waals surface area contributed by atoms with Gasteiger partial charge in [0.15, 0.2) is 0 Å². The zero-order chi connectivity index (χ0) is 19.7. The largest absolute Gasteiger partial charge is 0.462 e. The van der Waals surface area contributed by atoms with E-state index in [0.29, 0.717) is 0 Å². The van der Waals surface area contributed by atoms with Gasteiger partial charge in [0.25, 0.3) is 0 Å². The maximum absolute atomic E-state index is 12.5. The average molecular weight is 366 g/mol. The predicted octanol–water partition coefficient (Wildman–Crippen LogP) is 2.17. The van der Waals surface area contributed by atoms with Gasteiger partial charge in [0.05, 0.1) is 24.3 Å². The molecular weight excluding hydrogens is 344 g/mol. The Kier molecular flexibility index (Phi) is 8.27. The Morgan fingerprint density at radius 2 is 1.04 bits per heavy atom. The normalized spacial score (nSPS) is 10.0. The van der Waals surface area contributed by atoms with Gasteiger partial charge in [-0.2, -0.15) is 0 Å². The van der Waals surface area contributed by atoms with Crippen LogP contribution in [0.5, 0.6) is 0 Å². The quantitative estimate of drug-likeness (QED) is 0.509. The highest BCUT2D eigenvalue weighted by atomic mass is 16.5. The minimum absolute atomic E-state index is 0.0730. The molecule has 0 amide bonds. The average Bonchev–Trinajstić information content (AvgIpc) is 2.57. The Bertz CT molecular complexity index is 634. The molecule has 0 N–H and O–H groups in total. The number of hydrogen-bond donors (Lipinski definition) is 0. The van der Waals surface area contributed by atoms with Crippen molar-refractivity contribution >= 4 is 23.9 Å². The molecule has 8 heteroatoms. The highest BCUT2D eigenvalue weighted by molar-refractivity contribution is 6.05. The molecular formula is C18H22O8. The molecule has 0 aliphatic carbocycles. The highest BCUT2D eigenvalue weighted by Gasteiger charge is 2.27. The first kappa shape index (κ1) is 21.1. The summed E-state index contributed by atoms with van der Waals surface area (Å²) in [5.74, 6) is -2.60. The molecule has 0 radical (unpaired) electrons. The number of hydrogen-bond acceptors (Lipinski definition) is 8. The third kappa shape index (κ3) is 5.87. The summed E-state index contributed by atoms with van der Waals surface area (Å²) in [6.07, 6.45) is 0. The molecule has 0 fully saturated rings. The maximum atomic E-state index is 12.5. The van der Waals surface area contributed by atoms with Gasteiger partial charge < -0.3 is 18.9 Å². The van der Waals surface area contributed by atoms with E-state index in [1.807, 2.05) is 0 Å². The van der Waals surface area contributed by atoms with Crippen LogP contribution in [0.3, 0.4) is 0 Å². The minimum Gasteiger partial charge on any atom is -0.462 e. The van der Waals surface area contributed by atoms with Gasteiger partial charge in [-0.05, 0) is 13.8 Å². The first-order chi connectivity index (χ1) is 12.3. The summed E-state index contributed by atoms with van der Waals surface area (Å²) in [5, 5.41) is 0. The SMILES string of the molecule is CCOC(=O)c1c(COC(C)=O)ccc(COC(C)=O)c1C(=O)OCC. The molecule has 0 spiro atoms. The van der Waals surface area contributed by atoms with Gasteiger partial charge in [-0.25, -0.2) is 9.59 Å². The summed E-state index contributed by atoms with van der Waals surface area (Å²) in [5.41, 5.74) is 0.425. The van der Waals surface area contributed by atoms with Crippen LogP contribution >= 0.6 is 0 Å². The summed E-state index contributed by atoms with van der Waals surface area (Å²) in [6.45, 7) is 5.43. The standard InChI is InChI=1S/C18H22O8/c1-5-23-17(21)15-13(9-25-11(3)19)7-8-14(10-26-12(4)20)16(15)18(22)24-6-2/h7-8H,5-6,9-10H2,1-4H3. The number of ether oxygens (including phenoxy) is 4. The first-order valence-electron chi connectivity index (χ1n) is 8.07. The van der Waals surface area contributed by atoms with Gasteiger partial charge >= 0.3 is 23.9 Å². The zero-order valence-corrected chi connectivity index (χ0v) is 15.2. The molecule has 1 aromatic carbocycles. The molecule has 0 atom stereocenters. The monoisotopic (exact) mass is 366 g/mol. The molecule has 0 bridgehead atoms. The molecule has 0 heterocycles. The Morgan fingerprint density at radius 1 is 0.692 bits per heavy atom. The first-order valence-corrected chi connectivity index (χ1v) is 8.07. The van der Waals surface area contributed by atoms with Crippen molar-refractivity contribution in [2.45, 2.75) is 40.9 Å². The van der Waals surface area contributed by atoms with Gasteiger partial charge in [0.2, 0.25) is 0 Å². The highest BCUT2D eigenvalue weighted by Crippen LogP contribution is 2.24. The Labute approximate surface area is 151 Å². The molecule has 0 aromatic heterocycles. The Hall–Kier alpha value is -2.90. The van der Waals surface area contributed by atoms with Crippen LogP contribution < -0.4 is 0 Å². The number of benzene rings is 1. The van der Waals surface area contributed by atoms with Crippen LogP contribution in [0.2, 0.25) is 0 Å². The Morgan fingerprint density at radius 3 is 1.31 bits per heavy atom. The summed E-state index contributed by atoms with van der Waals surface area (Å²) in [6, 6.07) is 3.02. The second-order valence-corrected chi connectivity index (χ2v) is 5.14. The van der Waals surface area contributed by atoms with Crippen LogP contribution in [0, 0.1) is 0 Å². The molecule has 0 saturated carbocycles. The van der Waals surface area contributed by atoms with E-state index < -0.39 is 23.9 Å². The van der Waals surface area contributed by atoms with E-state index in [0.717, 1.165) is 0 Å². The van der Waals surface area contributed by atoms with Crippen molar-refractivity contribution in [3.05, 3.63) is 34.4 Å². The molecule has 142 valence electrons. The van der Waals surface area contributed by atoms with Gasteiger partial charge in [0.1, 0.15) is 13.2 Å². The molecule has 0 aliphatic rings. The van der Waals surface area contributed by atoms with E-state index in [-0.39, 0.29) is 48.7 Å². The topological polar surface area (TPSA) is 105 Å². The number of esters is 4. The van der Waals surface area contributed by atoms with Gasteiger partial charge in [-0.1, -0.05) is 12.1 Å². The predicted molar refractivity (Wildman–Crippen MR) is 89.3 cm³/mol. The second-order valence-electron chi connectivity index (χ2n) is 5.14. The number of rotatable bonds is 8.